The zero-order valence-corrected chi connectivity index (χ0v) is 13.2. The highest BCUT2D eigenvalue weighted by Crippen LogP contribution is 2.30. The number of fused-ring (bicyclic) bond motifs is 2. The molecule has 0 N–H and O–H groups in total. The molecule has 0 saturated carbocycles. The smallest absolute Gasteiger partial charge is 0.214 e. The maximum Gasteiger partial charge on any atom is 0.214 e. The topological polar surface area (TPSA) is 39.4 Å². The zero-order chi connectivity index (χ0) is 15.8. The number of aryl methyl sites for hydroxylation is 1. The molecule has 23 heavy (non-hydrogen) atoms. The van der Waals surface area contributed by atoms with Gasteiger partial charge in [-0.25, -0.2) is 4.52 Å². The van der Waals surface area contributed by atoms with Crippen molar-refractivity contribution in [1.29, 1.82) is 0 Å². The maximum absolute atomic E-state index is 5.44. The molecule has 0 unspecified atom stereocenters. The highest BCUT2D eigenvalue weighted by Gasteiger charge is 2.11. The zero-order valence-electron chi connectivity index (χ0n) is 13.2. The average Bonchev–Trinajstić information content (AvgIpc) is 3.05. The van der Waals surface area contributed by atoms with Crippen LogP contribution in [-0.2, 0) is 6.42 Å². The Hall–Kier alpha value is -2.88. The number of rotatable bonds is 3. The fourth-order valence-electron chi connectivity index (χ4n) is 2.92. The van der Waals surface area contributed by atoms with Crippen LogP contribution in [0, 0.1) is 0 Å². The van der Waals surface area contributed by atoms with Crippen molar-refractivity contribution in [1.82, 2.24) is 14.6 Å². The molecule has 4 rings (SSSR count). The molecule has 0 fully saturated rings. The molecule has 0 bridgehead atoms. The van der Waals surface area contributed by atoms with Crippen molar-refractivity contribution in [3.63, 3.8) is 0 Å². The summed E-state index contributed by atoms with van der Waals surface area (Å²) in [5.74, 6) is 0.744. The molecule has 0 aliphatic heterocycles. The minimum atomic E-state index is 0.744. The number of pyridine rings is 2. The first-order valence-corrected chi connectivity index (χ1v) is 7.70. The van der Waals surface area contributed by atoms with Gasteiger partial charge in [0.15, 0.2) is 0 Å². The summed E-state index contributed by atoms with van der Waals surface area (Å²) in [7, 11) is 1.67. The second kappa shape index (κ2) is 5.39. The van der Waals surface area contributed by atoms with Crippen LogP contribution < -0.4 is 4.74 Å². The van der Waals surface area contributed by atoms with Crippen LogP contribution in [0.5, 0.6) is 5.88 Å². The Morgan fingerprint density at radius 1 is 1.04 bits per heavy atom. The number of ether oxygens (including phenoxy) is 1. The predicted molar refractivity (Wildman–Crippen MR) is 91.9 cm³/mol. The van der Waals surface area contributed by atoms with Gasteiger partial charge in [0, 0.05) is 29.4 Å². The van der Waals surface area contributed by atoms with Crippen molar-refractivity contribution in [2.24, 2.45) is 0 Å². The third-order valence-electron chi connectivity index (χ3n) is 4.16. The van der Waals surface area contributed by atoms with E-state index in [0.717, 1.165) is 34.5 Å². The van der Waals surface area contributed by atoms with E-state index in [9.17, 15) is 0 Å². The Morgan fingerprint density at radius 3 is 2.78 bits per heavy atom. The van der Waals surface area contributed by atoms with E-state index in [0.29, 0.717) is 0 Å². The summed E-state index contributed by atoms with van der Waals surface area (Å²) in [5.41, 5.74) is 4.44. The maximum atomic E-state index is 5.44. The molecule has 114 valence electrons. The fraction of sp³-hybridized carbons (Fsp3) is 0.158. The summed E-state index contributed by atoms with van der Waals surface area (Å²) < 4.78 is 7.32. The molecule has 3 aromatic heterocycles. The second-order valence-electron chi connectivity index (χ2n) is 5.51. The lowest BCUT2D eigenvalue weighted by Crippen LogP contribution is -1.97. The van der Waals surface area contributed by atoms with Crippen LogP contribution in [0.1, 0.15) is 12.6 Å². The molecule has 0 amide bonds. The molecular weight excluding hydrogens is 286 g/mol. The predicted octanol–water partition coefficient (Wildman–Crippen LogP) is 4.12. The van der Waals surface area contributed by atoms with Crippen molar-refractivity contribution >= 4 is 16.3 Å². The van der Waals surface area contributed by atoms with E-state index >= 15 is 0 Å². The van der Waals surface area contributed by atoms with Gasteiger partial charge in [-0.3, -0.25) is 4.98 Å². The first-order valence-electron chi connectivity index (χ1n) is 7.70. The summed E-state index contributed by atoms with van der Waals surface area (Å²) in [5, 5.41) is 6.96. The minimum absolute atomic E-state index is 0.744. The second-order valence-corrected chi connectivity index (χ2v) is 5.51. The van der Waals surface area contributed by atoms with Crippen molar-refractivity contribution in [3.8, 4) is 17.0 Å². The molecule has 1 aromatic carbocycles. The standard InChI is InChI=1S/C19H17N3O/c1-3-16-11-18-17(6-7-19(23-2)22(18)21-16)14-4-5-15-12-20-9-8-13(15)10-14/h4-12H,3H2,1-2H3. The molecule has 0 radical (unpaired) electrons. The Kier molecular flexibility index (Phi) is 3.23. The Balaban J connectivity index is 1.98. The van der Waals surface area contributed by atoms with E-state index in [1.807, 2.05) is 29.0 Å². The van der Waals surface area contributed by atoms with Gasteiger partial charge in [0.2, 0.25) is 5.88 Å². The van der Waals surface area contributed by atoms with E-state index in [-0.39, 0.29) is 0 Å². The normalized spacial score (nSPS) is 11.2. The Labute approximate surface area is 134 Å². The molecule has 3 heterocycles. The van der Waals surface area contributed by atoms with Crippen LogP contribution in [0.3, 0.4) is 0 Å². The molecule has 0 aliphatic carbocycles. The number of hydrogen-bond acceptors (Lipinski definition) is 3. The van der Waals surface area contributed by atoms with Gasteiger partial charge in [-0.2, -0.15) is 5.10 Å². The van der Waals surface area contributed by atoms with Crippen LogP contribution in [-0.4, -0.2) is 21.7 Å². The van der Waals surface area contributed by atoms with Crippen LogP contribution in [0.15, 0.2) is 54.9 Å². The average molecular weight is 303 g/mol. The van der Waals surface area contributed by atoms with Crippen molar-refractivity contribution in [2.45, 2.75) is 13.3 Å². The molecular formula is C19H17N3O. The van der Waals surface area contributed by atoms with Gasteiger partial charge in [0.25, 0.3) is 0 Å². The number of hydrogen-bond donors (Lipinski definition) is 0. The highest BCUT2D eigenvalue weighted by atomic mass is 16.5. The number of aromatic nitrogens is 3. The van der Waals surface area contributed by atoms with Crippen LogP contribution >= 0.6 is 0 Å². The number of nitrogens with zero attached hydrogens (tertiary/aromatic N) is 3. The molecule has 4 aromatic rings. The third kappa shape index (κ3) is 2.23. The lowest BCUT2D eigenvalue weighted by Gasteiger charge is -2.09. The highest BCUT2D eigenvalue weighted by molar-refractivity contribution is 5.90. The van der Waals surface area contributed by atoms with E-state index < -0.39 is 0 Å². The van der Waals surface area contributed by atoms with Gasteiger partial charge >= 0.3 is 0 Å². The third-order valence-corrected chi connectivity index (χ3v) is 4.16. The molecule has 4 heteroatoms. The molecule has 0 saturated heterocycles. The monoisotopic (exact) mass is 303 g/mol. The van der Waals surface area contributed by atoms with Crippen molar-refractivity contribution < 1.29 is 4.74 Å². The van der Waals surface area contributed by atoms with Crippen molar-refractivity contribution in [3.05, 3.63) is 60.6 Å². The van der Waals surface area contributed by atoms with E-state index in [1.165, 1.54) is 10.9 Å². The van der Waals surface area contributed by atoms with Crippen LogP contribution in [0.25, 0.3) is 27.4 Å². The summed E-state index contributed by atoms with van der Waals surface area (Å²) in [6, 6.07) is 14.7. The first-order chi connectivity index (χ1) is 11.3. The van der Waals surface area contributed by atoms with Gasteiger partial charge in [-0.1, -0.05) is 19.1 Å². The molecule has 4 nitrogen and oxygen atoms in total. The quantitative estimate of drug-likeness (QED) is 0.571. The summed E-state index contributed by atoms with van der Waals surface area (Å²) >= 11 is 0. The summed E-state index contributed by atoms with van der Waals surface area (Å²) in [6.07, 6.45) is 4.61. The van der Waals surface area contributed by atoms with Gasteiger partial charge < -0.3 is 4.74 Å². The van der Waals surface area contributed by atoms with Crippen molar-refractivity contribution in [2.75, 3.05) is 7.11 Å². The van der Waals surface area contributed by atoms with Gasteiger partial charge in [0.05, 0.1) is 18.3 Å². The van der Waals surface area contributed by atoms with Crippen LogP contribution in [0.2, 0.25) is 0 Å². The van der Waals surface area contributed by atoms with E-state index in [4.69, 9.17) is 4.74 Å². The number of methoxy groups -OCH3 is 1. The molecule has 0 aliphatic rings. The van der Waals surface area contributed by atoms with E-state index in [2.05, 4.69) is 47.3 Å². The van der Waals surface area contributed by atoms with Gasteiger partial charge in [-0.05, 0) is 41.6 Å². The molecule has 0 spiro atoms. The lowest BCUT2D eigenvalue weighted by molar-refractivity contribution is 0.385. The SMILES string of the molecule is CCc1cc2c(-c3ccc4cnccc4c3)ccc(OC)n2n1. The fourth-order valence-corrected chi connectivity index (χ4v) is 2.92. The summed E-state index contributed by atoms with van der Waals surface area (Å²) in [4.78, 5) is 4.17. The Bertz CT molecular complexity index is 1000. The summed E-state index contributed by atoms with van der Waals surface area (Å²) in [6.45, 7) is 2.11. The van der Waals surface area contributed by atoms with E-state index in [1.54, 1.807) is 7.11 Å². The Morgan fingerprint density at radius 2 is 1.96 bits per heavy atom. The first kappa shape index (κ1) is 13.8. The largest absolute Gasteiger partial charge is 0.481 e. The van der Waals surface area contributed by atoms with Crippen LogP contribution in [0.4, 0.5) is 0 Å². The number of benzene rings is 1. The lowest BCUT2D eigenvalue weighted by atomic mass is 10.0. The van der Waals surface area contributed by atoms with Gasteiger partial charge in [0.1, 0.15) is 0 Å². The molecule has 0 atom stereocenters. The minimum Gasteiger partial charge on any atom is -0.481 e. The van der Waals surface area contributed by atoms with Gasteiger partial charge in [-0.15, -0.1) is 0 Å².